The molecule has 4 nitrogen and oxygen atoms in total. The minimum atomic E-state index is -3.37. The maximum Gasteiger partial charge on any atom is 0.240 e. The lowest BCUT2D eigenvalue weighted by atomic mass is 10.2. The number of nitrogens with one attached hydrogen (secondary N) is 2. The molecule has 0 bridgehead atoms. The zero-order valence-corrected chi connectivity index (χ0v) is 13.0. The number of benzene rings is 1. The SMILES string of the molecule is CCCC1CC1NS(=O)(=O)c1cccc(CNCC)c1. The molecule has 2 unspecified atom stereocenters. The summed E-state index contributed by atoms with van der Waals surface area (Å²) in [5, 5.41) is 3.20. The van der Waals surface area contributed by atoms with Gasteiger partial charge in [-0.05, 0) is 43.0 Å². The number of hydrogen-bond acceptors (Lipinski definition) is 3. The summed E-state index contributed by atoms with van der Waals surface area (Å²) in [6.07, 6.45) is 3.19. The van der Waals surface area contributed by atoms with Crippen LogP contribution in [0.25, 0.3) is 0 Å². The molecule has 1 saturated carbocycles. The molecule has 0 spiro atoms. The van der Waals surface area contributed by atoms with Gasteiger partial charge in [-0.2, -0.15) is 0 Å². The molecule has 2 N–H and O–H groups in total. The average molecular weight is 296 g/mol. The van der Waals surface area contributed by atoms with E-state index in [9.17, 15) is 8.42 Å². The van der Waals surface area contributed by atoms with E-state index < -0.39 is 10.0 Å². The van der Waals surface area contributed by atoms with Gasteiger partial charge in [-0.3, -0.25) is 0 Å². The van der Waals surface area contributed by atoms with Gasteiger partial charge >= 0.3 is 0 Å². The predicted molar refractivity (Wildman–Crippen MR) is 80.9 cm³/mol. The maximum absolute atomic E-state index is 12.3. The standard InChI is InChI=1S/C15H24N2O2S/c1-3-6-13-10-15(13)17-20(18,19)14-8-5-7-12(9-14)11-16-4-2/h5,7-9,13,15-17H,3-4,6,10-11H2,1-2H3. The highest BCUT2D eigenvalue weighted by Crippen LogP contribution is 2.35. The molecular formula is C15H24N2O2S. The molecule has 0 amide bonds. The quantitative estimate of drug-likeness (QED) is 0.773. The largest absolute Gasteiger partial charge is 0.313 e. The highest BCUT2D eigenvalue weighted by Gasteiger charge is 2.39. The van der Waals surface area contributed by atoms with Gasteiger partial charge in [0.1, 0.15) is 0 Å². The first-order chi connectivity index (χ1) is 9.56. The van der Waals surface area contributed by atoms with Crippen LogP contribution in [-0.4, -0.2) is 21.0 Å². The second-order valence-electron chi connectivity index (χ2n) is 5.44. The zero-order chi connectivity index (χ0) is 14.6. The Balaban J connectivity index is 2.02. The van der Waals surface area contributed by atoms with Crippen LogP contribution < -0.4 is 10.0 Å². The summed E-state index contributed by atoms with van der Waals surface area (Å²) >= 11 is 0. The molecule has 1 aromatic carbocycles. The van der Waals surface area contributed by atoms with Crippen LogP contribution in [-0.2, 0) is 16.6 Å². The Morgan fingerprint density at radius 3 is 2.80 bits per heavy atom. The van der Waals surface area contributed by atoms with Crippen molar-refractivity contribution in [2.24, 2.45) is 5.92 Å². The van der Waals surface area contributed by atoms with Gasteiger partial charge in [-0.25, -0.2) is 13.1 Å². The molecule has 1 fully saturated rings. The topological polar surface area (TPSA) is 58.2 Å². The normalized spacial score (nSPS) is 21.9. The molecule has 1 aliphatic rings. The van der Waals surface area contributed by atoms with Crippen LogP contribution in [0.3, 0.4) is 0 Å². The fourth-order valence-electron chi connectivity index (χ4n) is 2.44. The van der Waals surface area contributed by atoms with Gasteiger partial charge in [0.25, 0.3) is 0 Å². The van der Waals surface area contributed by atoms with Crippen molar-refractivity contribution in [3.63, 3.8) is 0 Å². The Hall–Kier alpha value is -0.910. The fourth-order valence-corrected chi connectivity index (χ4v) is 3.83. The average Bonchev–Trinajstić information content (AvgIpc) is 3.14. The molecule has 2 atom stereocenters. The Morgan fingerprint density at radius 1 is 1.30 bits per heavy atom. The van der Waals surface area contributed by atoms with Crippen LogP contribution >= 0.6 is 0 Å². The van der Waals surface area contributed by atoms with E-state index in [4.69, 9.17) is 0 Å². The highest BCUT2D eigenvalue weighted by atomic mass is 32.2. The van der Waals surface area contributed by atoms with Crippen LogP contribution in [0.4, 0.5) is 0 Å². The van der Waals surface area contributed by atoms with Gasteiger partial charge < -0.3 is 5.32 Å². The van der Waals surface area contributed by atoms with E-state index in [2.05, 4.69) is 17.0 Å². The fraction of sp³-hybridized carbons (Fsp3) is 0.600. The van der Waals surface area contributed by atoms with Gasteiger partial charge in [-0.1, -0.05) is 32.4 Å². The van der Waals surface area contributed by atoms with Crippen molar-refractivity contribution >= 4 is 10.0 Å². The Bertz CT molecular complexity index is 543. The van der Waals surface area contributed by atoms with Crippen LogP contribution in [0, 0.1) is 5.92 Å². The van der Waals surface area contributed by atoms with Gasteiger partial charge in [0.2, 0.25) is 10.0 Å². The summed E-state index contributed by atoms with van der Waals surface area (Å²) < 4.78 is 27.5. The molecule has 2 rings (SSSR count). The first-order valence-electron chi connectivity index (χ1n) is 7.38. The van der Waals surface area contributed by atoms with Gasteiger partial charge in [-0.15, -0.1) is 0 Å². The molecule has 20 heavy (non-hydrogen) atoms. The first kappa shape index (κ1) is 15.5. The van der Waals surface area contributed by atoms with Crippen molar-refractivity contribution in [3.05, 3.63) is 29.8 Å². The minimum Gasteiger partial charge on any atom is -0.313 e. The third-order valence-corrected chi connectivity index (χ3v) is 5.16. The zero-order valence-electron chi connectivity index (χ0n) is 12.2. The van der Waals surface area contributed by atoms with Crippen molar-refractivity contribution in [3.8, 4) is 0 Å². The van der Waals surface area contributed by atoms with Crippen LogP contribution in [0.1, 0.15) is 38.7 Å². The molecule has 1 aliphatic carbocycles. The molecule has 0 aromatic heterocycles. The molecule has 0 aliphatic heterocycles. The summed E-state index contributed by atoms with van der Waals surface area (Å²) in [6.45, 7) is 5.73. The molecular weight excluding hydrogens is 272 g/mol. The van der Waals surface area contributed by atoms with Crippen LogP contribution in [0.15, 0.2) is 29.2 Å². The lowest BCUT2D eigenvalue weighted by Crippen LogP contribution is -2.27. The molecule has 112 valence electrons. The van der Waals surface area contributed by atoms with Crippen molar-refractivity contribution < 1.29 is 8.42 Å². The van der Waals surface area contributed by atoms with Gasteiger partial charge in [0.05, 0.1) is 4.90 Å². The van der Waals surface area contributed by atoms with Crippen LogP contribution in [0.5, 0.6) is 0 Å². The van der Waals surface area contributed by atoms with Gasteiger partial charge in [0, 0.05) is 12.6 Å². The lowest BCUT2D eigenvalue weighted by Gasteiger charge is -2.08. The van der Waals surface area contributed by atoms with Gasteiger partial charge in [0.15, 0.2) is 0 Å². The smallest absolute Gasteiger partial charge is 0.240 e. The van der Waals surface area contributed by atoms with Crippen molar-refractivity contribution in [1.29, 1.82) is 0 Å². The van der Waals surface area contributed by atoms with Crippen molar-refractivity contribution in [2.75, 3.05) is 6.54 Å². The minimum absolute atomic E-state index is 0.136. The van der Waals surface area contributed by atoms with E-state index in [1.807, 2.05) is 13.0 Å². The summed E-state index contributed by atoms with van der Waals surface area (Å²) in [5.41, 5.74) is 0.996. The number of rotatable bonds is 8. The lowest BCUT2D eigenvalue weighted by molar-refractivity contribution is 0.573. The van der Waals surface area contributed by atoms with E-state index in [0.717, 1.165) is 31.4 Å². The summed E-state index contributed by atoms with van der Waals surface area (Å²) in [6, 6.07) is 7.30. The first-order valence-corrected chi connectivity index (χ1v) is 8.87. The Labute approximate surface area is 122 Å². The second-order valence-corrected chi connectivity index (χ2v) is 7.15. The maximum atomic E-state index is 12.3. The highest BCUT2D eigenvalue weighted by molar-refractivity contribution is 7.89. The molecule has 5 heteroatoms. The molecule has 0 radical (unpaired) electrons. The van der Waals surface area contributed by atoms with E-state index in [0.29, 0.717) is 17.4 Å². The molecule has 0 heterocycles. The summed E-state index contributed by atoms with van der Waals surface area (Å²) in [7, 11) is -3.37. The van der Waals surface area contributed by atoms with E-state index in [1.165, 1.54) is 0 Å². The van der Waals surface area contributed by atoms with Crippen molar-refractivity contribution in [2.45, 2.75) is 50.6 Å². The Kier molecular flexibility index (Phi) is 5.18. The number of hydrogen-bond donors (Lipinski definition) is 2. The summed E-state index contributed by atoms with van der Waals surface area (Å²) in [4.78, 5) is 0.370. The van der Waals surface area contributed by atoms with Crippen molar-refractivity contribution in [1.82, 2.24) is 10.0 Å². The monoisotopic (exact) mass is 296 g/mol. The van der Waals surface area contributed by atoms with Crippen LogP contribution in [0.2, 0.25) is 0 Å². The predicted octanol–water partition coefficient (Wildman–Crippen LogP) is 2.26. The third-order valence-electron chi connectivity index (χ3n) is 3.68. The van der Waals surface area contributed by atoms with E-state index in [-0.39, 0.29) is 6.04 Å². The molecule has 0 saturated heterocycles. The third kappa shape index (κ3) is 4.04. The summed E-state index contributed by atoms with van der Waals surface area (Å²) in [5.74, 6) is 0.528. The van der Waals surface area contributed by atoms with E-state index in [1.54, 1.807) is 18.2 Å². The Morgan fingerprint density at radius 2 is 2.10 bits per heavy atom. The van der Waals surface area contributed by atoms with E-state index >= 15 is 0 Å². The molecule has 1 aromatic rings. The number of sulfonamides is 1. The second kappa shape index (κ2) is 6.70.